The van der Waals surface area contributed by atoms with Crippen molar-refractivity contribution in [1.29, 1.82) is 0 Å². The highest BCUT2D eigenvalue weighted by Gasteiger charge is 2.29. The van der Waals surface area contributed by atoms with Gasteiger partial charge in [0, 0.05) is 19.1 Å². The van der Waals surface area contributed by atoms with Crippen LogP contribution >= 0.6 is 0 Å². The number of piperidine rings is 1. The second kappa shape index (κ2) is 6.10. The van der Waals surface area contributed by atoms with Gasteiger partial charge >= 0.3 is 0 Å². The minimum Gasteiger partial charge on any atom is -0.314 e. The Balaban J connectivity index is 1.38. The number of hydrogen-bond acceptors (Lipinski definition) is 2. The highest BCUT2D eigenvalue weighted by Crippen LogP contribution is 2.40. The van der Waals surface area contributed by atoms with Gasteiger partial charge in [-0.1, -0.05) is 24.3 Å². The predicted molar refractivity (Wildman–Crippen MR) is 87.4 cm³/mol. The van der Waals surface area contributed by atoms with Gasteiger partial charge < -0.3 is 5.32 Å². The molecule has 1 aromatic rings. The van der Waals surface area contributed by atoms with E-state index in [2.05, 4.69) is 34.5 Å². The van der Waals surface area contributed by atoms with Crippen LogP contribution in [0, 0.1) is 5.92 Å². The molecule has 3 fully saturated rings. The van der Waals surface area contributed by atoms with Crippen molar-refractivity contribution in [1.82, 2.24) is 10.2 Å². The van der Waals surface area contributed by atoms with Gasteiger partial charge in [0.1, 0.15) is 0 Å². The molecule has 0 amide bonds. The summed E-state index contributed by atoms with van der Waals surface area (Å²) in [5, 5.41) is 3.72. The van der Waals surface area contributed by atoms with Crippen LogP contribution in [-0.2, 0) is 6.54 Å². The van der Waals surface area contributed by atoms with Crippen molar-refractivity contribution < 1.29 is 0 Å². The van der Waals surface area contributed by atoms with Gasteiger partial charge in [-0.3, -0.25) is 4.90 Å². The fourth-order valence-corrected chi connectivity index (χ4v) is 4.30. The number of nitrogens with one attached hydrogen (secondary N) is 1. The molecule has 0 radical (unpaired) electrons. The molecule has 2 unspecified atom stereocenters. The lowest BCUT2D eigenvalue weighted by atomic mass is 9.89. The number of benzene rings is 1. The molecule has 2 heterocycles. The molecule has 2 atom stereocenters. The van der Waals surface area contributed by atoms with Crippen LogP contribution in [0.15, 0.2) is 24.3 Å². The second-order valence-corrected chi connectivity index (χ2v) is 7.36. The van der Waals surface area contributed by atoms with E-state index in [0.29, 0.717) is 0 Å². The maximum absolute atomic E-state index is 3.72. The first-order chi connectivity index (χ1) is 10.4. The molecule has 2 heteroatoms. The highest BCUT2D eigenvalue weighted by molar-refractivity contribution is 5.29. The normalized spacial score (nSPS) is 30.7. The average molecular weight is 284 g/mol. The van der Waals surface area contributed by atoms with Crippen LogP contribution in [0.2, 0.25) is 0 Å². The maximum atomic E-state index is 3.72. The molecule has 4 rings (SSSR count). The van der Waals surface area contributed by atoms with Crippen molar-refractivity contribution in [2.45, 2.75) is 57.0 Å². The van der Waals surface area contributed by atoms with Crippen LogP contribution in [0.3, 0.4) is 0 Å². The second-order valence-electron chi connectivity index (χ2n) is 7.36. The molecular formula is C19H28N2. The van der Waals surface area contributed by atoms with Gasteiger partial charge in [0.15, 0.2) is 0 Å². The van der Waals surface area contributed by atoms with E-state index in [4.69, 9.17) is 0 Å². The predicted octanol–water partition coefficient (Wildman–Crippen LogP) is 3.53. The molecule has 2 saturated heterocycles. The first-order valence-electron chi connectivity index (χ1n) is 8.93. The van der Waals surface area contributed by atoms with E-state index in [1.54, 1.807) is 5.56 Å². The molecule has 0 bridgehead atoms. The van der Waals surface area contributed by atoms with Crippen molar-refractivity contribution in [3.05, 3.63) is 35.4 Å². The van der Waals surface area contributed by atoms with E-state index in [1.807, 2.05) is 0 Å². The minimum absolute atomic E-state index is 0.797. The number of nitrogens with zero attached hydrogens (tertiary/aromatic N) is 1. The van der Waals surface area contributed by atoms with Gasteiger partial charge in [0.05, 0.1) is 0 Å². The molecule has 21 heavy (non-hydrogen) atoms. The molecule has 3 aliphatic rings. The van der Waals surface area contributed by atoms with Crippen LogP contribution in [0.1, 0.15) is 55.6 Å². The van der Waals surface area contributed by atoms with E-state index in [0.717, 1.165) is 24.4 Å². The van der Waals surface area contributed by atoms with Crippen LogP contribution in [-0.4, -0.2) is 30.6 Å². The summed E-state index contributed by atoms with van der Waals surface area (Å²) in [6, 6.07) is 10.2. The third kappa shape index (κ3) is 3.32. The monoisotopic (exact) mass is 284 g/mol. The Morgan fingerprint density at radius 1 is 1.10 bits per heavy atom. The first kappa shape index (κ1) is 13.8. The van der Waals surface area contributed by atoms with E-state index >= 15 is 0 Å². The highest BCUT2D eigenvalue weighted by atomic mass is 15.1. The fourth-order valence-electron chi connectivity index (χ4n) is 4.30. The standard InChI is InChI=1S/C19H28N2/c1-4-15(12-17(5-1)16-8-9-16)13-21-11-3-6-18(14-21)19-7-2-10-20-19/h1,4-5,12,16,18-20H,2-3,6-11,13-14H2. The fraction of sp³-hybridized carbons (Fsp3) is 0.684. The van der Waals surface area contributed by atoms with E-state index < -0.39 is 0 Å². The van der Waals surface area contributed by atoms with Crippen molar-refractivity contribution in [2.24, 2.45) is 5.92 Å². The summed E-state index contributed by atoms with van der Waals surface area (Å²) >= 11 is 0. The zero-order chi connectivity index (χ0) is 14.1. The van der Waals surface area contributed by atoms with Gasteiger partial charge in [-0.05, 0) is 74.6 Å². The summed E-state index contributed by atoms with van der Waals surface area (Å²) in [6.07, 6.45) is 8.40. The summed E-state index contributed by atoms with van der Waals surface area (Å²) < 4.78 is 0. The van der Waals surface area contributed by atoms with E-state index in [1.165, 1.54) is 63.7 Å². The lowest BCUT2D eigenvalue weighted by Crippen LogP contribution is -2.43. The topological polar surface area (TPSA) is 15.3 Å². The average Bonchev–Trinajstić information content (AvgIpc) is 3.23. The van der Waals surface area contributed by atoms with Crippen molar-refractivity contribution in [3.8, 4) is 0 Å². The van der Waals surface area contributed by atoms with Gasteiger partial charge in [-0.2, -0.15) is 0 Å². The van der Waals surface area contributed by atoms with Crippen molar-refractivity contribution in [2.75, 3.05) is 19.6 Å². The molecule has 114 valence electrons. The SMILES string of the molecule is c1cc(CN2CCCC(C3CCCN3)C2)cc(C2CC2)c1. The summed E-state index contributed by atoms with van der Waals surface area (Å²) in [7, 11) is 0. The van der Waals surface area contributed by atoms with Gasteiger partial charge in [-0.25, -0.2) is 0 Å². The number of hydrogen-bond donors (Lipinski definition) is 1. The summed E-state index contributed by atoms with van der Waals surface area (Å²) in [4.78, 5) is 2.69. The van der Waals surface area contributed by atoms with Crippen LogP contribution in [0.25, 0.3) is 0 Å². The first-order valence-corrected chi connectivity index (χ1v) is 8.93. The molecule has 1 aliphatic carbocycles. The molecule has 0 spiro atoms. The number of rotatable bonds is 4. The van der Waals surface area contributed by atoms with Gasteiger partial charge in [0.2, 0.25) is 0 Å². The molecule has 1 N–H and O–H groups in total. The van der Waals surface area contributed by atoms with E-state index in [-0.39, 0.29) is 0 Å². The summed E-state index contributed by atoms with van der Waals surface area (Å²) in [5.74, 6) is 1.76. The molecular weight excluding hydrogens is 256 g/mol. The molecule has 2 nitrogen and oxygen atoms in total. The van der Waals surface area contributed by atoms with Crippen LogP contribution in [0.4, 0.5) is 0 Å². The van der Waals surface area contributed by atoms with E-state index in [9.17, 15) is 0 Å². The quantitative estimate of drug-likeness (QED) is 0.910. The lowest BCUT2D eigenvalue weighted by molar-refractivity contribution is 0.145. The third-order valence-electron chi connectivity index (χ3n) is 5.62. The summed E-state index contributed by atoms with van der Waals surface area (Å²) in [5.41, 5.74) is 3.11. The van der Waals surface area contributed by atoms with Gasteiger partial charge in [0.25, 0.3) is 0 Å². The Hall–Kier alpha value is -0.860. The maximum Gasteiger partial charge on any atom is 0.0233 e. The Kier molecular flexibility index (Phi) is 4.00. The third-order valence-corrected chi connectivity index (χ3v) is 5.62. The summed E-state index contributed by atoms with van der Waals surface area (Å²) in [6.45, 7) is 4.98. The Labute approximate surface area is 128 Å². The molecule has 2 aliphatic heterocycles. The Bertz CT molecular complexity index is 474. The van der Waals surface area contributed by atoms with Gasteiger partial charge in [-0.15, -0.1) is 0 Å². The Morgan fingerprint density at radius 3 is 2.86 bits per heavy atom. The zero-order valence-corrected chi connectivity index (χ0v) is 13.1. The lowest BCUT2D eigenvalue weighted by Gasteiger charge is -2.36. The largest absolute Gasteiger partial charge is 0.314 e. The van der Waals surface area contributed by atoms with Crippen LogP contribution in [0.5, 0.6) is 0 Å². The Morgan fingerprint density at radius 2 is 2.05 bits per heavy atom. The number of likely N-dealkylation sites (tertiary alicyclic amines) is 1. The molecule has 1 aromatic carbocycles. The van der Waals surface area contributed by atoms with Crippen molar-refractivity contribution in [3.63, 3.8) is 0 Å². The molecule has 1 saturated carbocycles. The molecule has 0 aromatic heterocycles. The minimum atomic E-state index is 0.797. The smallest absolute Gasteiger partial charge is 0.0233 e. The zero-order valence-electron chi connectivity index (χ0n) is 13.1. The van der Waals surface area contributed by atoms with Crippen LogP contribution < -0.4 is 5.32 Å². The van der Waals surface area contributed by atoms with Crippen molar-refractivity contribution >= 4 is 0 Å².